The average molecular weight is 230 g/mol. The van der Waals surface area contributed by atoms with Gasteiger partial charge < -0.3 is 18.9 Å². The van der Waals surface area contributed by atoms with Crippen molar-refractivity contribution < 1.29 is 18.9 Å². The maximum absolute atomic E-state index is 5.80. The first-order valence-corrected chi connectivity index (χ1v) is 6.34. The minimum Gasteiger partial charge on any atom is -0.376 e. The van der Waals surface area contributed by atoms with Gasteiger partial charge in [-0.2, -0.15) is 0 Å². The molecule has 0 radical (unpaired) electrons. The van der Waals surface area contributed by atoms with Gasteiger partial charge in [0.15, 0.2) is 0 Å². The van der Waals surface area contributed by atoms with Crippen LogP contribution in [0.15, 0.2) is 0 Å². The van der Waals surface area contributed by atoms with Gasteiger partial charge in [-0.15, -0.1) is 0 Å². The number of ether oxygens (including phenoxy) is 4. The first-order valence-electron chi connectivity index (χ1n) is 6.34. The Morgan fingerprint density at radius 3 is 2.56 bits per heavy atom. The van der Waals surface area contributed by atoms with Crippen LogP contribution in [-0.2, 0) is 18.9 Å². The molecule has 94 valence electrons. The molecule has 0 unspecified atom stereocenters. The van der Waals surface area contributed by atoms with E-state index in [0.29, 0.717) is 33.0 Å². The fraction of sp³-hybridized carbons (Fsp3) is 1.00. The van der Waals surface area contributed by atoms with Crippen LogP contribution in [-0.4, -0.2) is 51.3 Å². The van der Waals surface area contributed by atoms with Gasteiger partial charge in [0.1, 0.15) is 12.2 Å². The minimum absolute atomic E-state index is 0.0518. The van der Waals surface area contributed by atoms with Crippen molar-refractivity contribution >= 4 is 0 Å². The Morgan fingerprint density at radius 2 is 1.81 bits per heavy atom. The zero-order valence-electron chi connectivity index (χ0n) is 10.0. The Morgan fingerprint density at radius 1 is 1.00 bits per heavy atom. The fourth-order valence-electron chi connectivity index (χ4n) is 2.28. The monoisotopic (exact) mass is 230 g/mol. The van der Waals surface area contributed by atoms with Crippen LogP contribution in [0.25, 0.3) is 0 Å². The van der Waals surface area contributed by atoms with Crippen molar-refractivity contribution in [1.82, 2.24) is 0 Å². The third-order valence-corrected chi connectivity index (χ3v) is 3.14. The third kappa shape index (κ3) is 3.17. The van der Waals surface area contributed by atoms with Crippen LogP contribution in [0.2, 0.25) is 0 Å². The molecule has 0 aromatic carbocycles. The number of unbranched alkanes of at least 4 members (excludes halogenated alkanes) is 1. The van der Waals surface area contributed by atoms with Crippen LogP contribution in [0.1, 0.15) is 26.2 Å². The molecule has 0 aromatic heterocycles. The molecule has 0 aliphatic carbocycles. The van der Waals surface area contributed by atoms with Gasteiger partial charge in [-0.1, -0.05) is 19.8 Å². The van der Waals surface area contributed by atoms with Gasteiger partial charge in [0.05, 0.1) is 39.1 Å². The lowest BCUT2D eigenvalue weighted by Gasteiger charge is -2.38. The first-order chi connectivity index (χ1) is 7.92. The Hall–Kier alpha value is -0.160. The molecule has 2 aliphatic heterocycles. The summed E-state index contributed by atoms with van der Waals surface area (Å²) < 4.78 is 22.7. The Bertz CT molecular complexity index is 191. The van der Waals surface area contributed by atoms with Gasteiger partial charge in [-0.3, -0.25) is 0 Å². The number of hydrogen-bond donors (Lipinski definition) is 0. The van der Waals surface area contributed by atoms with E-state index in [9.17, 15) is 0 Å². The number of rotatable bonds is 4. The highest BCUT2D eigenvalue weighted by Gasteiger charge is 2.35. The topological polar surface area (TPSA) is 36.9 Å². The van der Waals surface area contributed by atoms with E-state index in [1.807, 2.05) is 0 Å². The summed E-state index contributed by atoms with van der Waals surface area (Å²) in [4.78, 5) is 0. The second-order valence-corrected chi connectivity index (χ2v) is 4.37. The summed E-state index contributed by atoms with van der Waals surface area (Å²) in [7, 11) is 0. The van der Waals surface area contributed by atoms with Gasteiger partial charge in [-0.25, -0.2) is 0 Å². The van der Waals surface area contributed by atoms with Crippen molar-refractivity contribution in [2.45, 2.75) is 44.5 Å². The van der Waals surface area contributed by atoms with Crippen molar-refractivity contribution in [3.05, 3.63) is 0 Å². The van der Waals surface area contributed by atoms with Crippen LogP contribution in [0.4, 0.5) is 0 Å². The van der Waals surface area contributed by atoms with Crippen LogP contribution >= 0.6 is 0 Å². The lowest BCUT2D eigenvalue weighted by Crippen LogP contribution is -2.50. The molecular weight excluding hydrogens is 208 g/mol. The van der Waals surface area contributed by atoms with E-state index in [0.717, 1.165) is 6.42 Å². The summed E-state index contributed by atoms with van der Waals surface area (Å²) in [5, 5.41) is 0. The smallest absolute Gasteiger partial charge is 0.112 e. The molecule has 2 fully saturated rings. The SMILES string of the molecule is CCCC[C@H]1OCCO[C@@H]1[C@@H]1COCCO1. The summed E-state index contributed by atoms with van der Waals surface area (Å²) in [6, 6.07) is 0. The molecule has 0 bridgehead atoms. The summed E-state index contributed by atoms with van der Waals surface area (Å²) in [5.74, 6) is 0. The molecule has 3 atom stereocenters. The van der Waals surface area contributed by atoms with Crippen LogP contribution in [0.5, 0.6) is 0 Å². The minimum atomic E-state index is 0.0518. The highest BCUT2D eigenvalue weighted by molar-refractivity contribution is 4.83. The van der Waals surface area contributed by atoms with E-state index in [4.69, 9.17) is 18.9 Å². The molecule has 2 rings (SSSR count). The van der Waals surface area contributed by atoms with Crippen LogP contribution in [0, 0.1) is 0 Å². The van der Waals surface area contributed by atoms with E-state index in [1.165, 1.54) is 12.8 Å². The molecule has 2 aliphatic rings. The van der Waals surface area contributed by atoms with Gasteiger partial charge in [0.2, 0.25) is 0 Å². The van der Waals surface area contributed by atoms with Crippen molar-refractivity contribution in [1.29, 1.82) is 0 Å². The Kier molecular flexibility index (Phi) is 5.03. The van der Waals surface area contributed by atoms with E-state index >= 15 is 0 Å². The van der Waals surface area contributed by atoms with E-state index in [2.05, 4.69) is 6.92 Å². The maximum Gasteiger partial charge on any atom is 0.112 e. The summed E-state index contributed by atoms with van der Waals surface area (Å²) in [6.07, 6.45) is 3.71. The molecule has 4 heteroatoms. The van der Waals surface area contributed by atoms with Crippen LogP contribution in [0.3, 0.4) is 0 Å². The van der Waals surface area contributed by atoms with Gasteiger partial charge >= 0.3 is 0 Å². The van der Waals surface area contributed by atoms with Crippen molar-refractivity contribution in [3.63, 3.8) is 0 Å². The highest BCUT2D eigenvalue weighted by atomic mass is 16.6. The standard InChI is InChI=1S/C12H22O4/c1-2-3-4-10-12(16-8-7-14-10)11-9-13-5-6-15-11/h10-12H,2-9H2,1H3/t10-,11+,12+/m1/s1. The van der Waals surface area contributed by atoms with E-state index in [-0.39, 0.29) is 18.3 Å². The Labute approximate surface area is 97.2 Å². The normalized spacial score (nSPS) is 36.2. The highest BCUT2D eigenvalue weighted by Crippen LogP contribution is 2.22. The zero-order chi connectivity index (χ0) is 11.2. The number of hydrogen-bond acceptors (Lipinski definition) is 4. The zero-order valence-corrected chi connectivity index (χ0v) is 10.0. The lowest BCUT2D eigenvalue weighted by molar-refractivity contribution is -0.215. The molecule has 4 nitrogen and oxygen atoms in total. The fourth-order valence-corrected chi connectivity index (χ4v) is 2.28. The summed E-state index contributed by atoms with van der Waals surface area (Å²) >= 11 is 0. The molecule has 0 amide bonds. The van der Waals surface area contributed by atoms with Crippen molar-refractivity contribution in [3.8, 4) is 0 Å². The lowest BCUT2D eigenvalue weighted by atomic mass is 10.0. The second kappa shape index (κ2) is 6.55. The third-order valence-electron chi connectivity index (χ3n) is 3.14. The van der Waals surface area contributed by atoms with Crippen LogP contribution < -0.4 is 0 Å². The predicted molar refractivity (Wildman–Crippen MR) is 59.6 cm³/mol. The first kappa shape index (κ1) is 12.3. The maximum atomic E-state index is 5.80. The Balaban J connectivity index is 1.86. The summed E-state index contributed by atoms with van der Waals surface area (Å²) in [6.45, 7) is 5.58. The molecule has 2 heterocycles. The van der Waals surface area contributed by atoms with E-state index in [1.54, 1.807) is 0 Å². The molecule has 0 N–H and O–H groups in total. The molecular formula is C12H22O4. The van der Waals surface area contributed by atoms with E-state index < -0.39 is 0 Å². The summed E-state index contributed by atoms with van der Waals surface area (Å²) in [5.41, 5.74) is 0. The van der Waals surface area contributed by atoms with Gasteiger partial charge in [0.25, 0.3) is 0 Å². The molecule has 0 aromatic rings. The molecule has 0 saturated carbocycles. The largest absolute Gasteiger partial charge is 0.376 e. The van der Waals surface area contributed by atoms with Crippen molar-refractivity contribution in [2.75, 3.05) is 33.0 Å². The van der Waals surface area contributed by atoms with Gasteiger partial charge in [-0.05, 0) is 6.42 Å². The van der Waals surface area contributed by atoms with Crippen molar-refractivity contribution in [2.24, 2.45) is 0 Å². The quantitative estimate of drug-likeness (QED) is 0.731. The van der Waals surface area contributed by atoms with Gasteiger partial charge in [0, 0.05) is 0 Å². The molecule has 16 heavy (non-hydrogen) atoms. The molecule has 2 saturated heterocycles. The average Bonchev–Trinajstić information content (AvgIpc) is 2.38. The predicted octanol–water partition coefficient (Wildman–Crippen LogP) is 1.38. The molecule has 0 spiro atoms. The second-order valence-electron chi connectivity index (χ2n) is 4.37.